The van der Waals surface area contributed by atoms with Crippen molar-refractivity contribution in [2.45, 2.75) is 17.6 Å². The Bertz CT molecular complexity index is 1060. The molecular weight excluding hydrogens is 445 g/mol. The Morgan fingerprint density at radius 3 is 2.66 bits per heavy atom. The largest absolute Gasteiger partial charge is 0.497 e. The first-order valence-electron chi connectivity index (χ1n) is 9.82. The summed E-state index contributed by atoms with van der Waals surface area (Å²) in [6.07, 6.45) is -4.48. The summed E-state index contributed by atoms with van der Waals surface area (Å²) in [6, 6.07) is 10.0. The van der Waals surface area contributed by atoms with Crippen molar-refractivity contribution in [3.05, 3.63) is 59.2 Å². The molecule has 1 unspecified atom stereocenters. The van der Waals surface area contributed by atoms with E-state index in [0.29, 0.717) is 34.9 Å². The Morgan fingerprint density at radius 1 is 1.19 bits per heavy atom. The predicted octanol–water partition coefficient (Wildman–Crippen LogP) is 3.64. The number of anilines is 1. The Morgan fingerprint density at radius 2 is 1.97 bits per heavy atom. The van der Waals surface area contributed by atoms with Crippen LogP contribution in [0.5, 0.6) is 5.75 Å². The van der Waals surface area contributed by atoms with Crippen molar-refractivity contribution < 1.29 is 32.2 Å². The van der Waals surface area contributed by atoms with E-state index >= 15 is 0 Å². The molecule has 32 heavy (non-hydrogen) atoms. The monoisotopic (exact) mass is 466 g/mol. The quantitative estimate of drug-likeness (QED) is 0.674. The lowest BCUT2D eigenvalue weighted by atomic mass is 10.1. The molecule has 0 aliphatic carbocycles. The van der Waals surface area contributed by atoms with E-state index in [1.54, 1.807) is 24.3 Å². The fraction of sp³-hybridized carbons (Fsp3) is 0.364. The molecule has 0 N–H and O–H groups in total. The average molecular weight is 466 g/mol. The smallest absolute Gasteiger partial charge is 0.416 e. The van der Waals surface area contributed by atoms with Crippen molar-refractivity contribution >= 4 is 29.3 Å². The van der Waals surface area contributed by atoms with Crippen molar-refractivity contribution in [1.29, 1.82) is 0 Å². The molecule has 1 spiro atoms. The zero-order valence-electron chi connectivity index (χ0n) is 17.4. The van der Waals surface area contributed by atoms with Gasteiger partial charge >= 0.3 is 6.18 Å². The van der Waals surface area contributed by atoms with E-state index in [0.717, 1.165) is 12.1 Å². The van der Waals surface area contributed by atoms with Gasteiger partial charge in [-0.2, -0.15) is 13.2 Å². The summed E-state index contributed by atoms with van der Waals surface area (Å²) in [6.45, 7) is 0.117. The number of hydrogen-bond donors (Lipinski definition) is 0. The van der Waals surface area contributed by atoms with Crippen molar-refractivity contribution in [1.82, 2.24) is 4.90 Å². The highest BCUT2D eigenvalue weighted by Crippen LogP contribution is 2.55. The second kappa shape index (κ2) is 8.32. The lowest BCUT2D eigenvalue weighted by Gasteiger charge is -2.33. The summed E-state index contributed by atoms with van der Waals surface area (Å²) in [7, 11) is 2.91. The first-order chi connectivity index (χ1) is 15.2. The van der Waals surface area contributed by atoms with Crippen molar-refractivity contribution in [2.75, 3.05) is 38.0 Å². The van der Waals surface area contributed by atoms with Gasteiger partial charge in [0, 0.05) is 25.0 Å². The van der Waals surface area contributed by atoms with E-state index in [1.807, 2.05) is 0 Å². The van der Waals surface area contributed by atoms with Crippen LogP contribution in [0.1, 0.15) is 16.7 Å². The third kappa shape index (κ3) is 3.61. The predicted molar refractivity (Wildman–Crippen MR) is 113 cm³/mol. The zero-order valence-corrected chi connectivity index (χ0v) is 18.3. The zero-order chi connectivity index (χ0) is 23.1. The highest BCUT2D eigenvalue weighted by molar-refractivity contribution is 8.01. The molecule has 1 fully saturated rings. The van der Waals surface area contributed by atoms with Crippen molar-refractivity contribution in [3.63, 3.8) is 0 Å². The van der Waals surface area contributed by atoms with Crippen LogP contribution < -0.4 is 9.64 Å². The Balaban J connectivity index is 1.78. The summed E-state index contributed by atoms with van der Waals surface area (Å²) in [5.74, 6) is 0.351. The molecule has 0 aromatic heterocycles. The normalized spacial score (nSPS) is 20.2. The summed E-state index contributed by atoms with van der Waals surface area (Å²) >= 11 is 1.33. The molecule has 0 radical (unpaired) electrons. The van der Waals surface area contributed by atoms with Crippen LogP contribution in [0.3, 0.4) is 0 Å². The average Bonchev–Trinajstić information content (AvgIpc) is 3.30. The number of halogens is 3. The van der Waals surface area contributed by atoms with Gasteiger partial charge in [-0.1, -0.05) is 12.1 Å². The second-order valence-electron chi connectivity index (χ2n) is 7.44. The van der Waals surface area contributed by atoms with Gasteiger partial charge in [0.05, 0.1) is 24.9 Å². The molecule has 2 aromatic rings. The van der Waals surface area contributed by atoms with Gasteiger partial charge in [0.25, 0.3) is 5.91 Å². The van der Waals surface area contributed by atoms with E-state index in [9.17, 15) is 22.8 Å². The summed E-state index contributed by atoms with van der Waals surface area (Å²) in [5, 5.41) is 0. The number of alkyl halides is 3. The highest BCUT2D eigenvalue weighted by Gasteiger charge is 2.59. The number of thioether (sulfide) groups is 1. The number of ether oxygens (including phenoxy) is 2. The second-order valence-corrected chi connectivity index (χ2v) is 8.73. The number of carbonyl (C=O) groups excluding carboxylic acids is 2. The van der Waals surface area contributed by atoms with Gasteiger partial charge in [-0.25, -0.2) is 0 Å². The molecule has 1 saturated heterocycles. The van der Waals surface area contributed by atoms with Gasteiger partial charge in [-0.05, 0) is 35.9 Å². The summed E-state index contributed by atoms with van der Waals surface area (Å²) in [4.78, 5) is 28.2. The van der Waals surface area contributed by atoms with Gasteiger partial charge in [0.2, 0.25) is 5.91 Å². The van der Waals surface area contributed by atoms with Crippen LogP contribution in [-0.2, 0) is 31.9 Å². The maximum Gasteiger partial charge on any atom is 0.416 e. The maximum absolute atomic E-state index is 13.8. The van der Waals surface area contributed by atoms with E-state index in [4.69, 9.17) is 9.47 Å². The molecule has 10 heteroatoms. The number of nitrogens with zero attached hydrogens (tertiary/aromatic N) is 2. The molecule has 2 aliphatic heterocycles. The lowest BCUT2D eigenvalue weighted by Crippen LogP contribution is -2.51. The van der Waals surface area contributed by atoms with Crippen LogP contribution >= 0.6 is 11.8 Å². The van der Waals surface area contributed by atoms with Crippen LogP contribution in [0.25, 0.3) is 0 Å². The fourth-order valence-corrected chi connectivity index (χ4v) is 5.63. The van der Waals surface area contributed by atoms with Crippen LogP contribution in [0.15, 0.2) is 42.5 Å². The summed E-state index contributed by atoms with van der Waals surface area (Å²) in [5.41, 5.74) is 0.682. The summed E-state index contributed by atoms with van der Waals surface area (Å²) < 4.78 is 49.9. The standard InChI is InChI=1S/C22H21F3N2O4S/c1-30-13-19(28)27-8-9-32-21(27)17-11-16(31-2)6-7-18(17)26(20(21)29)12-14-4-3-5-15(10-14)22(23,24)25/h3-7,10-11H,8-9,12-13H2,1-2H3. The van der Waals surface area contributed by atoms with E-state index < -0.39 is 16.6 Å². The fourth-order valence-electron chi connectivity index (χ4n) is 4.16. The molecule has 0 saturated carbocycles. The minimum absolute atomic E-state index is 0.0588. The van der Waals surface area contributed by atoms with Gasteiger partial charge in [0.15, 0.2) is 4.87 Å². The topological polar surface area (TPSA) is 59.1 Å². The van der Waals surface area contributed by atoms with Crippen LogP contribution in [0, 0.1) is 0 Å². The number of hydrogen-bond acceptors (Lipinski definition) is 5. The molecule has 2 heterocycles. The molecule has 6 nitrogen and oxygen atoms in total. The highest BCUT2D eigenvalue weighted by atomic mass is 32.2. The molecule has 170 valence electrons. The van der Waals surface area contributed by atoms with Gasteiger partial charge in [-0.15, -0.1) is 11.8 Å². The Hall–Kier alpha value is -2.72. The number of amides is 2. The number of fused-ring (bicyclic) bond motifs is 2. The number of benzene rings is 2. The van der Waals surface area contributed by atoms with Crippen LogP contribution in [0.4, 0.5) is 18.9 Å². The van der Waals surface area contributed by atoms with E-state index in [-0.39, 0.29) is 25.0 Å². The van der Waals surface area contributed by atoms with Crippen LogP contribution in [-0.4, -0.2) is 49.8 Å². The number of rotatable bonds is 5. The Labute approximate surface area is 187 Å². The minimum Gasteiger partial charge on any atom is -0.497 e. The molecule has 0 bridgehead atoms. The Kier molecular flexibility index (Phi) is 5.85. The first kappa shape index (κ1) is 22.5. The molecule has 2 aliphatic rings. The third-order valence-corrected chi connectivity index (χ3v) is 6.98. The lowest BCUT2D eigenvalue weighted by molar-refractivity contribution is -0.143. The number of carbonyl (C=O) groups is 2. The van der Waals surface area contributed by atoms with Gasteiger partial charge < -0.3 is 19.3 Å². The minimum atomic E-state index is -4.48. The van der Waals surface area contributed by atoms with E-state index in [2.05, 4.69) is 0 Å². The molecule has 4 rings (SSSR count). The van der Waals surface area contributed by atoms with Crippen molar-refractivity contribution in [2.24, 2.45) is 0 Å². The van der Waals surface area contributed by atoms with E-state index in [1.165, 1.54) is 41.8 Å². The molecular formula is C22H21F3N2O4S. The van der Waals surface area contributed by atoms with Crippen molar-refractivity contribution in [3.8, 4) is 5.75 Å². The molecule has 1 atom stereocenters. The first-order valence-corrected chi connectivity index (χ1v) is 10.8. The SMILES string of the molecule is COCC(=O)N1CCSC12C(=O)N(Cc1cccc(C(F)(F)F)c1)c1ccc(OC)cc12. The van der Waals surface area contributed by atoms with Gasteiger partial charge in [0.1, 0.15) is 12.4 Å². The molecule has 2 amide bonds. The number of methoxy groups -OCH3 is 2. The van der Waals surface area contributed by atoms with Gasteiger partial charge in [-0.3, -0.25) is 9.59 Å². The van der Waals surface area contributed by atoms with Crippen LogP contribution in [0.2, 0.25) is 0 Å². The maximum atomic E-state index is 13.8. The third-order valence-electron chi connectivity index (χ3n) is 5.56. The molecule has 2 aromatic carbocycles.